The predicted molar refractivity (Wildman–Crippen MR) is 147 cm³/mol. The molecule has 0 bridgehead atoms. The summed E-state index contributed by atoms with van der Waals surface area (Å²) in [5, 5.41) is 0.635. The number of hydrogen-bond donors (Lipinski definition) is 0. The Morgan fingerprint density at radius 3 is 2.28 bits per heavy atom. The van der Waals surface area contributed by atoms with Crippen LogP contribution in [0.5, 0.6) is 5.75 Å². The minimum atomic E-state index is -3.99. The summed E-state index contributed by atoms with van der Waals surface area (Å²) >= 11 is 0. The van der Waals surface area contributed by atoms with Crippen LogP contribution in [-0.4, -0.2) is 76.4 Å². The summed E-state index contributed by atoms with van der Waals surface area (Å²) in [6.45, 7) is 6.23. The van der Waals surface area contributed by atoms with E-state index < -0.39 is 27.3 Å². The number of amides is 2. The number of carbonyl (C=O) groups excluding carboxylic acids is 2. The quantitative estimate of drug-likeness (QED) is 0.430. The third-order valence-electron chi connectivity index (χ3n) is 7.24. The number of piperazine rings is 1. The highest BCUT2D eigenvalue weighted by Crippen LogP contribution is 2.39. The van der Waals surface area contributed by atoms with Crippen LogP contribution in [0, 0.1) is 0 Å². The molecule has 11 heteroatoms. The average Bonchev–Trinajstić information content (AvgIpc) is 3.23. The summed E-state index contributed by atoms with van der Waals surface area (Å²) in [5.74, 6) is -0.752. The minimum Gasteiger partial charge on any atom is -0.496 e. The maximum absolute atomic E-state index is 13.2. The number of hydrogen-bond acceptors (Lipinski definition) is 8. The third-order valence-corrected chi connectivity index (χ3v) is 9.05. The van der Waals surface area contributed by atoms with Crippen LogP contribution in [0.3, 0.4) is 0 Å². The van der Waals surface area contributed by atoms with Crippen LogP contribution in [0.15, 0.2) is 61.5 Å². The van der Waals surface area contributed by atoms with Gasteiger partial charge in [0.25, 0.3) is 11.8 Å². The van der Waals surface area contributed by atoms with Gasteiger partial charge in [-0.15, -0.1) is 0 Å². The minimum absolute atomic E-state index is 0.0336. The Morgan fingerprint density at radius 1 is 0.974 bits per heavy atom. The molecule has 2 aromatic carbocycles. The lowest BCUT2D eigenvalue weighted by Gasteiger charge is -2.34. The van der Waals surface area contributed by atoms with Crippen molar-refractivity contribution in [2.24, 2.45) is 0 Å². The Balaban J connectivity index is 1.31. The fraction of sp³-hybridized carbons (Fsp3) is 0.321. The zero-order valence-electron chi connectivity index (χ0n) is 22.0. The van der Waals surface area contributed by atoms with Crippen molar-refractivity contribution in [1.82, 2.24) is 9.80 Å². The molecule has 5 rings (SSSR count). The average molecular weight is 552 g/mol. The van der Waals surface area contributed by atoms with Crippen molar-refractivity contribution < 1.29 is 27.2 Å². The zero-order chi connectivity index (χ0) is 27.9. The number of fused-ring (bicyclic) bond motifs is 2. The molecule has 0 saturated carbocycles. The first-order valence-corrected chi connectivity index (χ1v) is 14.2. The van der Waals surface area contributed by atoms with Crippen LogP contribution >= 0.6 is 0 Å². The molecule has 0 spiro atoms. The van der Waals surface area contributed by atoms with Crippen LogP contribution in [0.25, 0.3) is 17.0 Å². The molecule has 2 amide bonds. The molecule has 1 saturated heterocycles. The molecule has 2 aliphatic rings. The first-order valence-electron chi connectivity index (χ1n) is 12.7. The number of ether oxygens (including phenoxy) is 1. The van der Waals surface area contributed by atoms with Crippen molar-refractivity contribution in [3.63, 3.8) is 0 Å². The lowest BCUT2D eigenvalue weighted by atomic mass is 10.1. The fourth-order valence-electron chi connectivity index (χ4n) is 5.06. The second-order valence-electron chi connectivity index (χ2n) is 9.31. The second kappa shape index (κ2) is 10.2. The Bertz CT molecular complexity index is 1660. The molecule has 3 heterocycles. The Morgan fingerprint density at radius 2 is 1.64 bits per heavy atom. The van der Waals surface area contributed by atoms with Gasteiger partial charge >= 0.3 is 5.63 Å². The highest BCUT2D eigenvalue weighted by molar-refractivity contribution is 7.96. The van der Waals surface area contributed by atoms with E-state index in [1.807, 2.05) is 26.0 Å². The summed E-state index contributed by atoms with van der Waals surface area (Å²) in [4.78, 5) is 43.9. The first kappa shape index (κ1) is 26.5. The van der Waals surface area contributed by atoms with Gasteiger partial charge in [-0.1, -0.05) is 6.07 Å². The molecule has 39 heavy (non-hydrogen) atoms. The van der Waals surface area contributed by atoms with Crippen molar-refractivity contribution in [1.29, 1.82) is 0 Å². The number of sulfone groups is 1. The highest BCUT2D eigenvalue weighted by atomic mass is 32.2. The van der Waals surface area contributed by atoms with E-state index >= 15 is 0 Å². The number of methoxy groups -OCH3 is 1. The summed E-state index contributed by atoms with van der Waals surface area (Å²) in [6.07, 6.45) is 1.34. The van der Waals surface area contributed by atoms with E-state index in [1.165, 1.54) is 35.1 Å². The molecule has 0 aliphatic carbocycles. The summed E-state index contributed by atoms with van der Waals surface area (Å²) in [6, 6.07) is 11.7. The van der Waals surface area contributed by atoms with E-state index in [9.17, 15) is 22.8 Å². The molecule has 1 fully saturated rings. The Kier molecular flexibility index (Phi) is 6.94. The van der Waals surface area contributed by atoms with Crippen molar-refractivity contribution in [3.8, 4) is 5.75 Å². The van der Waals surface area contributed by atoms with Crippen molar-refractivity contribution in [2.75, 3.05) is 51.3 Å². The van der Waals surface area contributed by atoms with Crippen LogP contribution < -0.4 is 15.3 Å². The topological polar surface area (TPSA) is 117 Å². The van der Waals surface area contributed by atoms with Gasteiger partial charge in [0, 0.05) is 62.0 Å². The molecule has 0 unspecified atom stereocenters. The van der Waals surface area contributed by atoms with E-state index in [0.717, 1.165) is 18.8 Å². The summed E-state index contributed by atoms with van der Waals surface area (Å²) in [7, 11) is -2.55. The summed E-state index contributed by atoms with van der Waals surface area (Å²) < 4.78 is 36.9. The van der Waals surface area contributed by atoms with E-state index in [0.29, 0.717) is 22.3 Å². The fourth-order valence-corrected chi connectivity index (χ4v) is 6.63. The van der Waals surface area contributed by atoms with Gasteiger partial charge < -0.3 is 23.9 Å². The highest BCUT2D eigenvalue weighted by Gasteiger charge is 2.39. The smallest absolute Gasteiger partial charge is 0.349 e. The third kappa shape index (κ3) is 4.56. The van der Waals surface area contributed by atoms with Crippen molar-refractivity contribution >= 4 is 44.4 Å². The molecule has 204 valence electrons. The molecule has 10 nitrogen and oxygen atoms in total. The number of rotatable bonds is 6. The molecule has 3 aromatic rings. The largest absolute Gasteiger partial charge is 0.496 e. The Hall–Kier alpha value is -4.12. The van der Waals surface area contributed by atoms with Crippen molar-refractivity contribution in [2.45, 2.75) is 18.7 Å². The van der Waals surface area contributed by atoms with Gasteiger partial charge in [0.05, 0.1) is 12.0 Å². The second-order valence-corrected chi connectivity index (χ2v) is 11.2. The van der Waals surface area contributed by atoms with E-state index in [4.69, 9.17) is 9.15 Å². The molecular weight excluding hydrogens is 522 g/mol. The normalized spacial score (nSPS) is 16.1. The van der Waals surface area contributed by atoms with E-state index in [-0.39, 0.29) is 41.5 Å². The number of anilines is 1. The van der Waals surface area contributed by atoms with Gasteiger partial charge in [-0.25, -0.2) is 13.2 Å². The van der Waals surface area contributed by atoms with Crippen LogP contribution in [-0.2, 0) is 14.6 Å². The first-order chi connectivity index (χ1) is 18.7. The summed E-state index contributed by atoms with van der Waals surface area (Å²) in [5.41, 5.74) is 0.874. The van der Waals surface area contributed by atoms with Gasteiger partial charge in [-0.05, 0) is 50.3 Å². The molecular formula is C28H29N3O7S. The zero-order valence-corrected chi connectivity index (χ0v) is 22.8. The van der Waals surface area contributed by atoms with Gasteiger partial charge in [0.15, 0.2) is 0 Å². The van der Waals surface area contributed by atoms with Crippen LogP contribution in [0.4, 0.5) is 5.69 Å². The van der Waals surface area contributed by atoms with Gasteiger partial charge in [0.1, 0.15) is 21.8 Å². The van der Waals surface area contributed by atoms with E-state index in [1.54, 1.807) is 18.2 Å². The molecule has 1 aromatic heterocycles. The predicted octanol–water partition coefficient (Wildman–Crippen LogP) is 2.76. The maximum atomic E-state index is 13.2. The number of nitrogens with zero attached hydrogens (tertiary/aromatic N) is 3. The molecule has 0 atom stereocenters. The van der Waals surface area contributed by atoms with Gasteiger partial charge in [0.2, 0.25) is 9.84 Å². The Labute approximate surface area is 226 Å². The standard InChI is InChI=1S/C28H29N3O7S/c1-4-29(5-2)19-10-9-18-15-21(28(34)38-23(18)16-19)26(32)30-11-13-31(14-12-30)27(33)25-17-20-22(37-3)7-6-8-24(20)39(25,35)36/h6-10,15-17H,4-5,11-14H2,1-3H3. The van der Waals surface area contributed by atoms with E-state index in [2.05, 4.69) is 4.90 Å². The lowest BCUT2D eigenvalue weighted by Crippen LogP contribution is -2.51. The SMILES string of the molecule is CCN(CC)c1ccc2cc(C(=O)N3CCN(C(=O)C4=Cc5c(OC)cccc5S4(=O)=O)CC3)c(=O)oc2c1. The van der Waals surface area contributed by atoms with Gasteiger partial charge in [-0.2, -0.15) is 0 Å². The van der Waals surface area contributed by atoms with Crippen molar-refractivity contribution in [3.05, 3.63) is 68.9 Å². The lowest BCUT2D eigenvalue weighted by molar-refractivity contribution is -0.127. The monoisotopic (exact) mass is 551 g/mol. The maximum Gasteiger partial charge on any atom is 0.349 e. The van der Waals surface area contributed by atoms with Crippen LogP contribution in [0.1, 0.15) is 29.8 Å². The molecule has 0 N–H and O–H groups in total. The molecule has 0 radical (unpaired) electrons. The molecule has 2 aliphatic heterocycles. The number of carbonyl (C=O) groups is 2. The number of benzene rings is 2. The van der Waals surface area contributed by atoms with Crippen LogP contribution in [0.2, 0.25) is 0 Å². The van der Waals surface area contributed by atoms with Gasteiger partial charge in [-0.3, -0.25) is 9.59 Å².